The van der Waals surface area contributed by atoms with Gasteiger partial charge in [-0.1, -0.05) is 19.1 Å². The highest BCUT2D eigenvalue weighted by Crippen LogP contribution is 2.33. The minimum Gasteiger partial charge on any atom is -0.490 e. The van der Waals surface area contributed by atoms with Crippen molar-refractivity contribution in [3.05, 3.63) is 46.2 Å². The van der Waals surface area contributed by atoms with Crippen LogP contribution in [0, 0.1) is 0 Å². The van der Waals surface area contributed by atoms with Crippen LogP contribution in [-0.2, 0) is 13.0 Å². The first-order valence-corrected chi connectivity index (χ1v) is 8.33. The van der Waals surface area contributed by atoms with E-state index in [2.05, 4.69) is 29.8 Å². The summed E-state index contributed by atoms with van der Waals surface area (Å²) in [6.07, 6.45) is 1.75. The number of benzene rings is 1. The highest BCUT2D eigenvalue weighted by molar-refractivity contribution is 7.07. The van der Waals surface area contributed by atoms with E-state index in [9.17, 15) is 0 Å². The fourth-order valence-electron chi connectivity index (χ4n) is 2.11. The lowest BCUT2D eigenvalue weighted by Gasteiger charge is -2.17. The molecule has 21 heavy (non-hydrogen) atoms. The molecular weight excluding hydrogens is 282 g/mol. The van der Waals surface area contributed by atoms with Crippen LogP contribution in [0.1, 0.15) is 31.4 Å². The number of para-hydroxylation sites is 1. The normalized spacial score (nSPS) is 12.1. The number of nitrogens with two attached hydrogens (primary N) is 1. The Morgan fingerprint density at radius 1 is 1.19 bits per heavy atom. The smallest absolute Gasteiger partial charge is 0.164 e. The quantitative estimate of drug-likeness (QED) is 0.801. The highest BCUT2D eigenvalue weighted by atomic mass is 32.1. The summed E-state index contributed by atoms with van der Waals surface area (Å²) in [5.41, 5.74) is 8.39. The van der Waals surface area contributed by atoms with E-state index in [1.165, 1.54) is 5.56 Å². The summed E-state index contributed by atoms with van der Waals surface area (Å²) >= 11 is 1.68. The average Bonchev–Trinajstić information content (AvgIpc) is 3.00. The Hall–Kier alpha value is -1.52. The zero-order chi connectivity index (χ0) is 15.1. The molecule has 1 heterocycles. The van der Waals surface area contributed by atoms with Crippen molar-refractivity contribution >= 4 is 11.3 Å². The van der Waals surface area contributed by atoms with E-state index in [-0.39, 0.29) is 6.04 Å². The molecule has 114 valence electrons. The molecule has 0 saturated heterocycles. The average molecular weight is 305 g/mol. The predicted molar refractivity (Wildman–Crippen MR) is 88.2 cm³/mol. The molecule has 1 atom stereocenters. The van der Waals surface area contributed by atoms with Gasteiger partial charge in [-0.2, -0.15) is 11.3 Å². The molecule has 2 N–H and O–H groups in total. The third-order valence-corrected chi connectivity index (χ3v) is 4.06. The summed E-state index contributed by atoms with van der Waals surface area (Å²) in [5.74, 6) is 1.63. The molecule has 2 rings (SSSR count). The lowest BCUT2D eigenvalue weighted by atomic mass is 10.0. The second kappa shape index (κ2) is 8.05. The first-order chi connectivity index (χ1) is 10.2. The van der Waals surface area contributed by atoms with Gasteiger partial charge in [0.05, 0.1) is 6.61 Å². The van der Waals surface area contributed by atoms with E-state index in [1.807, 2.05) is 19.1 Å². The van der Waals surface area contributed by atoms with E-state index in [4.69, 9.17) is 15.2 Å². The van der Waals surface area contributed by atoms with E-state index >= 15 is 0 Å². The van der Waals surface area contributed by atoms with E-state index < -0.39 is 0 Å². The minimum atomic E-state index is 0.144. The number of hydrogen-bond donors (Lipinski definition) is 1. The van der Waals surface area contributed by atoms with Crippen molar-refractivity contribution in [2.24, 2.45) is 5.73 Å². The SMILES string of the molecule is CCOc1cccc(CC(N)CC)c1OCc1ccsc1. The van der Waals surface area contributed by atoms with Gasteiger partial charge in [0.25, 0.3) is 0 Å². The van der Waals surface area contributed by atoms with Crippen molar-refractivity contribution < 1.29 is 9.47 Å². The molecule has 0 saturated carbocycles. The van der Waals surface area contributed by atoms with Crippen molar-refractivity contribution in [1.29, 1.82) is 0 Å². The van der Waals surface area contributed by atoms with Crippen molar-refractivity contribution in [1.82, 2.24) is 0 Å². The molecule has 0 amide bonds. The maximum absolute atomic E-state index is 6.09. The highest BCUT2D eigenvalue weighted by Gasteiger charge is 2.13. The second-order valence-corrected chi connectivity index (χ2v) is 5.75. The fraction of sp³-hybridized carbons (Fsp3) is 0.412. The summed E-state index contributed by atoms with van der Waals surface area (Å²) in [6, 6.07) is 8.24. The summed E-state index contributed by atoms with van der Waals surface area (Å²) in [5, 5.41) is 4.15. The van der Waals surface area contributed by atoms with Crippen LogP contribution in [0.15, 0.2) is 35.0 Å². The van der Waals surface area contributed by atoms with Gasteiger partial charge in [0, 0.05) is 6.04 Å². The van der Waals surface area contributed by atoms with Gasteiger partial charge < -0.3 is 15.2 Å². The largest absolute Gasteiger partial charge is 0.490 e. The van der Waals surface area contributed by atoms with Gasteiger partial charge in [0.1, 0.15) is 6.61 Å². The van der Waals surface area contributed by atoms with Crippen LogP contribution >= 0.6 is 11.3 Å². The molecule has 1 unspecified atom stereocenters. The molecule has 0 aliphatic carbocycles. The van der Waals surface area contributed by atoms with Crippen LogP contribution in [0.25, 0.3) is 0 Å². The maximum atomic E-state index is 6.09. The summed E-state index contributed by atoms with van der Waals surface area (Å²) in [7, 11) is 0. The number of ether oxygens (including phenoxy) is 2. The van der Waals surface area contributed by atoms with Crippen molar-refractivity contribution in [3.63, 3.8) is 0 Å². The molecule has 1 aromatic heterocycles. The topological polar surface area (TPSA) is 44.5 Å². The lowest BCUT2D eigenvalue weighted by molar-refractivity contribution is 0.266. The molecule has 2 aromatic rings. The summed E-state index contributed by atoms with van der Waals surface area (Å²) in [4.78, 5) is 0. The van der Waals surface area contributed by atoms with Crippen LogP contribution in [0.2, 0.25) is 0 Å². The molecule has 0 bridgehead atoms. The Morgan fingerprint density at radius 2 is 2.05 bits per heavy atom. The molecule has 0 spiro atoms. The Kier molecular flexibility index (Phi) is 6.08. The monoisotopic (exact) mass is 305 g/mol. The molecule has 0 radical (unpaired) electrons. The van der Waals surface area contributed by atoms with Gasteiger partial charge in [-0.25, -0.2) is 0 Å². The summed E-state index contributed by atoms with van der Waals surface area (Å²) < 4.78 is 11.7. The Morgan fingerprint density at radius 3 is 2.71 bits per heavy atom. The minimum absolute atomic E-state index is 0.144. The van der Waals surface area contributed by atoms with Crippen LogP contribution in [-0.4, -0.2) is 12.6 Å². The lowest BCUT2D eigenvalue weighted by Crippen LogP contribution is -2.21. The van der Waals surface area contributed by atoms with Gasteiger partial charge in [-0.05, 0) is 53.8 Å². The molecule has 0 aliphatic rings. The van der Waals surface area contributed by atoms with Gasteiger partial charge >= 0.3 is 0 Å². The van der Waals surface area contributed by atoms with Gasteiger partial charge in [-0.3, -0.25) is 0 Å². The number of hydrogen-bond acceptors (Lipinski definition) is 4. The molecule has 1 aromatic carbocycles. The zero-order valence-corrected chi connectivity index (χ0v) is 13.5. The third kappa shape index (κ3) is 4.48. The molecule has 0 fully saturated rings. The van der Waals surface area contributed by atoms with Gasteiger partial charge in [0.2, 0.25) is 0 Å². The predicted octanol–water partition coefficient (Wildman–Crippen LogP) is 4.01. The molecular formula is C17H23NO2S. The van der Waals surface area contributed by atoms with Crippen LogP contribution in [0.3, 0.4) is 0 Å². The number of rotatable bonds is 8. The molecule has 3 nitrogen and oxygen atoms in total. The third-order valence-electron chi connectivity index (χ3n) is 3.33. The Balaban J connectivity index is 2.20. The molecule has 0 aliphatic heterocycles. The first-order valence-electron chi connectivity index (χ1n) is 7.38. The van der Waals surface area contributed by atoms with Crippen molar-refractivity contribution in [2.45, 2.75) is 39.3 Å². The van der Waals surface area contributed by atoms with Crippen molar-refractivity contribution in [3.8, 4) is 11.5 Å². The van der Waals surface area contributed by atoms with Crippen LogP contribution in [0.4, 0.5) is 0 Å². The maximum Gasteiger partial charge on any atom is 0.164 e. The second-order valence-electron chi connectivity index (χ2n) is 4.97. The Labute approximate surface area is 130 Å². The zero-order valence-electron chi connectivity index (χ0n) is 12.7. The van der Waals surface area contributed by atoms with Crippen LogP contribution < -0.4 is 15.2 Å². The fourth-order valence-corrected chi connectivity index (χ4v) is 2.77. The number of thiophene rings is 1. The van der Waals surface area contributed by atoms with Crippen molar-refractivity contribution in [2.75, 3.05) is 6.61 Å². The van der Waals surface area contributed by atoms with Crippen LogP contribution in [0.5, 0.6) is 11.5 Å². The standard InChI is InChI=1S/C17H23NO2S/c1-3-15(18)10-14-6-5-7-16(19-4-2)17(14)20-11-13-8-9-21-12-13/h5-9,12,15H,3-4,10-11,18H2,1-2H3. The van der Waals surface area contributed by atoms with Gasteiger partial charge in [-0.15, -0.1) is 0 Å². The summed E-state index contributed by atoms with van der Waals surface area (Å²) in [6.45, 7) is 5.26. The van der Waals surface area contributed by atoms with E-state index in [0.29, 0.717) is 13.2 Å². The first kappa shape index (κ1) is 15.9. The Bertz CT molecular complexity index is 540. The molecule has 4 heteroatoms. The van der Waals surface area contributed by atoms with E-state index in [1.54, 1.807) is 11.3 Å². The van der Waals surface area contributed by atoms with E-state index in [0.717, 1.165) is 29.9 Å². The van der Waals surface area contributed by atoms with Gasteiger partial charge in [0.15, 0.2) is 11.5 Å².